The van der Waals surface area contributed by atoms with Crippen LogP contribution in [0.1, 0.15) is 17.5 Å². The van der Waals surface area contributed by atoms with Gasteiger partial charge >= 0.3 is 0 Å². The second-order valence-corrected chi connectivity index (χ2v) is 7.35. The van der Waals surface area contributed by atoms with Crippen molar-refractivity contribution in [3.63, 3.8) is 0 Å². The molecule has 1 aliphatic heterocycles. The van der Waals surface area contributed by atoms with E-state index in [1.807, 2.05) is 48.2 Å². The van der Waals surface area contributed by atoms with Crippen molar-refractivity contribution in [2.75, 3.05) is 32.8 Å². The third kappa shape index (κ3) is 5.49. The second-order valence-electron chi connectivity index (χ2n) is 6.95. The maximum Gasteiger partial charge on any atom is 0.260 e. The lowest BCUT2D eigenvalue weighted by atomic mass is 10.1. The largest absolute Gasteiger partial charge is 0.484 e. The zero-order valence-electron chi connectivity index (χ0n) is 16.1. The summed E-state index contributed by atoms with van der Waals surface area (Å²) in [7, 11) is 0. The van der Waals surface area contributed by atoms with Gasteiger partial charge in [0.25, 0.3) is 5.91 Å². The molecule has 3 rings (SSSR count). The summed E-state index contributed by atoms with van der Waals surface area (Å²) >= 11 is 6.00. The van der Waals surface area contributed by atoms with Gasteiger partial charge in [-0.05, 0) is 42.7 Å². The van der Waals surface area contributed by atoms with Crippen molar-refractivity contribution >= 4 is 23.4 Å². The smallest absolute Gasteiger partial charge is 0.260 e. The molecule has 0 saturated carbocycles. The van der Waals surface area contributed by atoms with Gasteiger partial charge in [0.15, 0.2) is 6.61 Å². The van der Waals surface area contributed by atoms with E-state index in [1.54, 1.807) is 17.0 Å². The molecule has 1 saturated heterocycles. The molecule has 5 nitrogen and oxygen atoms in total. The Morgan fingerprint density at radius 2 is 1.61 bits per heavy atom. The minimum absolute atomic E-state index is 0.0109. The molecule has 0 bridgehead atoms. The Morgan fingerprint density at radius 1 is 0.964 bits per heavy atom. The van der Waals surface area contributed by atoms with Crippen molar-refractivity contribution in [1.29, 1.82) is 0 Å². The molecule has 0 radical (unpaired) electrons. The standard InChI is InChI=1S/C22H25ClN2O3/c1-17-15-19(8-9-20(17)23)28-16-22(27)25-13-11-24(12-14-25)21(26)10-7-18-5-3-2-4-6-18/h2-6,8-9,15H,7,10-14,16H2,1H3. The highest BCUT2D eigenvalue weighted by atomic mass is 35.5. The zero-order chi connectivity index (χ0) is 19.9. The van der Waals surface area contributed by atoms with Gasteiger partial charge < -0.3 is 14.5 Å². The van der Waals surface area contributed by atoms with Crippen LogP contribution in [0.5, 0.6) is 5.75 Å². The average molecular weight is 401 g/mol. The van der Waals surface area contributed by atoms with Crippen LogP contribution in [0.4, 0.5) is 0 Å². The van der Waals surface area contributed by atoms with E-state index in [-0.39, 0.29) is 18.4 Å². The molecule has 2 aromatic carbocycles. The summed E-state index contributed by atoms with van der Waals surface area (Å²) in [4.78, 5) is 28.4. The molecule has 148 valence electrons. The first kappa shape index (κ1) is 20.2. The molecule has 1 fully saturated rings. The number of halogens is 1. The Bertz CT molecular complexity index is 818. The first-order valence-corrected chi connectivity index (χ1v) is 9.89. The maximum atomic E-state index is 12.4. The van der Waals surface area contributed by atoms with Gasteiger partial charge in [0.05, 0.1) is 0 Å². The molecule has 0 aromatic heterocycles. The summed E-state index contributed by atoms with van der Waals surface area (Å²) in [6.45, 7) is 4.10. The number of carbonyl (C=O) groups is 2. The highest BCUT2D eigenvalue weighted by Gasteiger charge is 2.24. The Labute approximate surface area is 170 Å². The van der Waals surface area contributed by atoms with Gasteiger partial charge in [-0.25, -0.2) is 0 Å². The molecule has 0 spiro atoms. The first-order chi connectivity index (χ1) is 13.5. The third-order valence-corrected chi connectivity index (χ3v) is 5.37. The molecule has 2 amide bonds. The van der Waals surface area contributed by atoms with Crippen LogP contribution < -0.4 is 4.74 Å². The summed E-state index contributed by atoms with van der Waals surface area (Å²) in [5.74, 6) is 0.706. The maximum absolute atomic E-state index is 12.4. The van der Waals surface area contributed by atoms with Gasteiger partial charge in [-0.1, -0.05) is 41.9 Å². The Balaban J connectivity index is 1.40. The number of amides is 2. The number of piperazine rings is 1. The van der Waals surface area contributed by atoms with Crippen LogP contribution >= 0.6 is 11.6 Å². The summed E-state index contributed by atoms with van der Waals surface area (Å²) in [6.07, 6.45) is 1.24. The van der Waals surface area contributed by atoms with E-state index in [0.29, 0.717) is 43.4 Å². The van der Waals surface area contributed by atoms with Gasteiger partial charge in [-0.2, -0.15) is 0 Å². The van der Waals surface area contributed by atoms with E-state index in [0.717, 1.165) is 12.0 Å². The molecular weight excluding hydrogens is 376 g/mol. The average Bonchev–Trinajstić information content (AvgIpc) is 2.73. The van der Waals surface area contributed by atoms with Crippen LogP contribution in [0.2, 0.25) is 5.02 Å². The van der Waals surface area contributed by atoms with Crippen molar-refractivity contribution in [3.8, 4) is 5.75 Å². The van der Waals surface area contributed by atoms with Crippen molar-refractivity contribution in [2.45, 2.75) is 19.8 Å². The normalized spacial score (nSPS) is 14.1. The van der Waals surface area contributed by atoms with Crippen LogP contribution in [0.3, 0.4) is 0 Å². The molecule has 0 unspecified atom stereocenters. The molecule has 28 heavy (non-hydrogen) atoms. The van der Waals surface area contributed by atoms with E-state index >= 15 is 0 Å². The van der Waals surface area contributed by atoms with Crippen molar-refractivity contribution in [2.24, 2.45) is 0 Å². The van der Waals surface area contributed by atoms with Crippen LogP contribution in [0.25, 0.3) is 0 Å². The summed E-state index contributed by atoms with van der Waals surface area (Å²) < 4.78 is 5.59. The summed E-state index contributed by atoms with van der Waals surface area (Å²) in [6, 6.07) is 15.3. The summed E-state index contributed by atoms with van der Waals surface area (Å²) in [5, 5.41) is 0.673. The Morgan fingerprint density at radius 3 is 2.25 bits per heavy atom. The van der Waals surface area contributed by atoms with Crippen LogP contribution in [0.15, 0.2) is 48.5 Å². The number of hydrogen-bond donors (Lipinski definition) is 0. The fourth-order valence-corrected chi connectivity index (χ4v) is 3.32. The summed E-state index contributed by atoms with van der Waals surface area (Å²) in [5.41, 5.74) is 2.08. The van der Waals surface area contributed by atoms with Crippen LogP contribution in [-0.4, -0.2) is 54.4 Å². The van der Waals surface area contributed by atoms with Crippen LogP contribution in [-0.2, 0) is 16.0 Å². The monoisotopic (exact) mass is 400 g/mol. The van der Waals surface area contributed by atoms with E-state index in [4.69, 9.17) is 16.3 Å². The quantitative estimate of drug-likeness (QED) is 0.747. The zero-order valence-corrected chi connectivity index (χ0v) is 16.8. The molecule has 0 atom stereocenters. The third-order valence-electron chi connectivity index (χ3n) is 4.95. The molecular formula is C22H25ClN2O3. The van der Waals surface area contributed by atoms with E-state index in [2.05, 4.69) is 0 Å². The number of carbonyl (C=O) groups excluding carboxylic acids is 2. The fourth-order valence-electron chi connectivity index (χ4n) is 3.20. The molecule has 6 heteroatoms. The topological polar surface area (TPSA) is 49.9 Å². The van der Waals surface area contributed by atoms with Crippen molar-refractivity contribution < 1.29 is 14.3 Å². The van der Waals surface area contributed by atoms with Gasteiger partial charge in [-0.15, -0.1) is 0 Å². The Kier molecular flexibility index (Phi) is 6.93. The van der Waals surface area contributed by atoms with Gasteiger partial charge in [0.2, 0.25) is 5.91 Å². The lowest BCUT2D eigenvalue weighted by Gasteiger charge is -2.34. The second kappa shape index (κ2) is 9.60. The highest BCUT2D eigenvalue weighted by Crippen LogP contribution is 2.21. The number of benzene rings is 2. The van der Waals surface area contributed by atoms with E-state index in [9.17, 15) is 9.59 Å². The minimum atomic E-state index is -0.0658. The lowest BCUT2D eigenvalue weighted by molar-refractivity contribution is -0.140. The molecule has 1 aliphatic rings. The van der Waals surface area contributed by atoms with Crippen LogP contribution in [0, 0.1) is 6.92 Å². The number of rotatable bonds is 6. The molecule has 2 aromatic rings. The molecule has 1 heterocycles. The predicted octanol–water partition coefficient (Wildman–Crippen LogP) is 3.33. The molecule has 0 N–H and O–H groups in total. The first-order valence-electron chi connectivity index (χ1n) is 9.51. The van der Waals surface area contributed by atoms with Gasteiger partial charge in [-0.3, -0.25) is 9.59 Å². The van der Waals surface area contributed by atoms with E-state index < -0.39 is 0 Å². The van der Waals surface area contributed by atoms with Crippen molar-refractivity contribution in [3.05, 3.63) is 64.7 Å². The van der Waals surface area contributed by atoms with Gasteiger partial charge in [0, 0.05) is 37.6 Å². The minimum Gasteiger partial charge on any atom is -0.484 e. The van der Waals surface area contributed by atoms with Gasteiger partial charge in [0.1, 0.15) is 5.75 Å². The lowest BCUT2D eigenvalue weighted by Crippen LogP contribution is -2.51. The number of aryl methyl sites for hydroxylation is 2. The SMILES string of the molecule is Cc1cc(OCC(=O)N2CCN(C(=O)CCc3ccccc3)CC2)ccc1Cl. The fraction of sp³-hybridized carbons (Fsp3) is 0.364. The number of hydrogen-bond acceptors (Lipinski definition) is 3. The number of nitrogens with zero attached hydrogens (tertiary/aromatic N) is 2. The molecule has 0 aliphatic carbocycles. The predicted molar refractivity (Wildman–Crippen MR) is 110 cm³/mol. The van der Waals surface area contributed by atoms with E-state index in [1.165, 1.54) is 5.56 Å². The number of ether oxygens (including phenoxy) is 1. The Hall–Kier alpha value is -2.53. The van der Waals surface area contributed by atoms with Crippen molar-refractivity contribution in [1.82, 2.24) is 9.80 Å². The highest BCUT2D eigenvalue weighted by molar-refractivity contribution is 6.31.